The molecule has 0 saturated heterocycles. The smallest absolute Gasteiger partial charge is 0.307 e. The molecular formula is C21H22FNO3S. The summed E-state index contributed by atoms with van der Waals surface area (Å²) >= 11 is 4.46. The van der Waals surface area contributed by atoms with E-state index in [0.717, 1.165) is 18.5 Å². The average Bonchev–Trinajstić information content (AvgIpc) is 3.29. The molecule has 3 atom stereocenters. The standard InChI is InChI=1S/C21H22FNO3S/c22-16-10-13(14-11-15(14)20(24)25)8-9-19(16)26-21(27)18-7-3-6-17(23-18)12-4-1-2-5-12/h3,6-10,12,14-15,21,27H,1-2,4-5,11H2,(H,24,25). The molecule has 3 unspecified atom stereocenters. The molecule has 142 valence electrons. The lowest BCUT2D eigenvalue weighted by molar-refractivity contribution is -0.138. The summed E-state index contributed by atoms with van der Waals surface area (Å²) in [6.45, 7) is 0. The SMILES string of the molecule is O=C(O)C1CC1c1ccc(OC(S)c2cccc(C3CCCC3)n2)c(F)c1. The van der Waals surface area contributed by atoms with Crippen molar-refractivity contribution in [2.75, 3.05) is 0 Å². The Kier molecular flexibility index (Phi) is 5.08. The summed E-state index contributed by atoms with van der Waals surface area (Å²) in [7, 11) is 0. The summed E-state index contributed by atoms with van der Waals surface area (Å²) in [5.74, 6) is -1.26. The van der Waals surface area contributed by atoms with Gasteiger partial charge in [0.2, 0.25) is 0 Å². The molecule has 1 aromatic carbocycles. The molecule has 27 heavy (non-hydrogen) atoms. The number of rotatable bonds is 6. The molecule has 0 aliphatic heterocycles. The van der Waals surface area contributed by atoms with Gasteiger partial charge in [-0.2, -0.15) is 0 Å². The van der Waals surface area contributed by atoms with E-state index in [9.17, 15) is 9.18 Å². The zero-order valence-corrected chi connectivity index (χ0v) is 15.7. The highest BCUT2D eigenvalue weighted by molar-refractivity contribution is 7.80. The lowest BCUT2D eigenvalue weighted by atomic mass is 10.0. The second kappa shape index (κ2) is 7.50. The van der Waals surface area contributed by atoms with Crippen LogP contribution in [0.1, 0.15) is 66.3 Å². The Bertz CT molecular complexity index is 853. The van der Waals surface area contributed by atoms with Crippen LogP contribution in [0.15, 0.2) is 36.4 Å². The molecular weight excluding hydrogens is 365 g/mol. The van der Waals surface area contributed by atoms with E-state index in [1.807, 2.05) is 18.2 Å². The van der Waals surface area contributed by atoms with E-state index in [1.165, 1.54) is 18.9 Å². The highest BCUT2D eigenvalue weighted by Gasteiger charge is 2.44. The van der Waals surface area contributed by atoms with Gasteiger partial charge in [-0.15, -0.1) is 12.6 Å². The van der Waals surface area contributed by atoms with Crippen LogP contribution in [0, 0.1) is 11.7 Å². The third-order valence-electron chi connectivity index (χ3n) is 5.55. The number of carboxylic acids is 1. The Morgan fingerprint density at radius 1 is 1.26 bits per heavy atom. The van der Waals surface area contributed by atoms with E-state index < -0.39 is 23.1 Å². The van der Waals surface area contributed by atoms with Crippen molar-refractivity contribution in [1.29, 1.82) is 0 Å². The van der Waals surface area contributed by atoms with Crippen molar-refractivity contribution < 1.29 is 19.0 Å². The molecule has 2 aliphatic carbocycles. The minimum absolute atomic E-state index is 0.0966. The Hall–Kier alpha value is -2.08. The largest absolute Gasteiger partial charge is 0.481 e. The lowest BCUT2D eigenvalue weighted by Crippen LogP contribution is -2.07. The fraction of sp³-hybridized carbons (Fsp3) is 0.429. The summed E-state index contributed by atoms with van der Waals surface area (Å²) in [5.41, 5.74) is 1.75. The number of aliphatic carboxylic acids is 1. The van der Waals surface area contributed by atoms with Gasteiger partial charge in [-0.1, -0.05) is 25.0 Å². The summed E-state index contributed by atoms with van der Waals surface area (Å²) in [4.78, 5) is 15.7. The van der Waals surface area contributed by atoms with Gasteiger partial charge in [-0.25, -0.2) is 4.39 Å². The molecule has 2 aliphatic rings. The predicted molar refractivity (Wildman–Crippen MR) is 103 cm³/mol. The quantitative estimate of drug-likeness (QED) is 0.536. The van der Waals surface area contributed by atoms with E-state index >= 15 is 0 Å². The topological polar surface area (TPSA) is 59.4 Å². The molecule has 1 aromatic heterocycles. The van der Waals surface area contributed by atoms with E-state index in [4.69, 9.17) is 9.84 Å². The third kappa shape index (κ3) is 3.95. The first-order valence-electron chi connectivity index (χ1n) is 9.37. The number of benzene rings is 1. The predicted octanol–water partition coefficient (Wildman–Crippen LogP) is 5.07. The minimum atomic E-state index is -0.829. The van der Waals surface area contributed by atoms with E-state index in [2.05, 4.69) is 17.6 Å². The van der Waals surface area contributed by atoms with Crippen LogP contribution in [0.5, 0.6) is 5.75 Å². The summed E-state index contributed by atoms with van der Waals surface area (Å²) in [6, 6.07) is 10.5. The zero-order chi connectivity index (χ0) is 19.0. The van der Waals surface area contributed by atoms with Gasteiger partial charge in [-0.05, 0) is 55.0 Å². The Balaban J connectivity index is 1.46. The van der Waals surface area contributed by atoms with Crippen LogP contribution in [0.25, 0.3) is 0 Å². The Labute approximate surface area is 163 Å². The van der Waals surface area contributed by atoms with Crippen molar-refractivity contribution in [1.82, 2.24) is 4.98 Å². The lowest BCUT2D eigenvalue weighted by Gasteiger charge is -2.16. The van der Waals surface area contributed by atoms with Gasteiger partial charge in [-0.3, -0.25) is 9.78 Å². The van der Waals surface area contributed by atoms with Crippen molar-refractivity contribution >= 4 is 18.6 Å². The number of nitrogens with zero attached hydrogens (tertiary/aromatic N) is 1. The van der Waals surface area contributed by atoms with Crippen LogP contribution in [0.2, 0.25) is 0 Å². The molecule has 0 spiro atoms. The number of carbonyl (C=O) groups is 1. The summed E-state index contributed by atoms with van der Waals surface area (Å²) < 4.78 is 20.1. The first kappa shape index (κ1) is 18.3. The molecule has 1 heterocycles. The summed E-state index contributed by atoms with van der Waals surface area (Å²) in [5, 5.41) is 9.02. The van der Waals surface area contributed by atoms with Crippen molar-refractivity contribution in [3.8, 4) is 5.75 Å². The molecule has 6 heteroatoms. The Morgan fingerprint density at radius 2 is 2.04 bits per heavy atom. The number of hydrogen-bond acceptors (Lipinski definition) is 4. The second-order valence-corrected chi connectivity index (χ2v) is 7.88. The van der Waals surface area contributed by atoms with Crippen molar-refractivity contribution in [3.63, 3.8) is 0 Å². The maximum atomic E-state index is 14.4. The molecule has 2 saturated carbocycles. The molecule has 0 radical (unpaired) electrons. The number of ether oxygens (including phenoxy) is 1. The van der Waals surface area contributed by atoms with Gasteiger partial charge in [0.25, 0.3) is 0 Å². The van der Waals surface area contributed by atoms with Crippen LogP contribution in [0.3, 0.4) is 0 Å². The van der Waals surface area contributed by atoms with Gasteiger partial charge < -0.3 is 9.84 Å². The van der Waals surface area contributed by atoms with Gasteiger partial charge in [0.1, 0.15) is 0 Å². The van der Waals surface area contributed by atoms with Gasteiger partial charge >= 0.3 is 5.97 Å². The molecule has 4 rings (SSSR count). The van der Waals surface area contributed by atoms with Crippen molar-refractivity contribution in [2.45, 2.75) is 49.4 Å². The maximum Gasteiger partial charge on any atom is 0.307 e. The first-order valence-corrected chi connectivity index (χ1v) is 9.88. The fourth-order valence-electron chi connectivity index (χ4n) is 3.92. The average molecular weight is 387 g/mol. The van der Waals surface area contributed by atoms with Gasteiger partial charge in [0.05, 0.1) is 11.6 Å². The van der Waals surface area contributed by atoms with Gasteiger partial charge in [0.15, 0.2) is 17.0 Å². The van der Waals surface area contributed by atoms with E-state index in [0.29, 0.717) is 23.6 Å². The van der Waals surface area contributed by atoms with E-state index in [-0.39, 0.29) is 11.7 Å². The van der Waals surface area contributed by atoms with Crippen LogP contribution < -0.4 is 4.74 Å². The van der Waals surface area contributed by atoms with Crippen LogP contribution in [-0.2, 0) is 4.79 Å². The molecule has 0 amide bonds. The first-order chi connectivity index (χ1) is 13.0. The molecule has 2 aromatic rings. The van der Waals surface area contributed by atoms with Crippen molar-refractivity contribution in [3.05, 3.63) is 59.2 Å². The highest BCUT2D eigenvalue weighted by Crippen LogP contribution is 2.48. The molecule has 4 nitrogen and oxygen atoms in total. The number of halogens is 1. The number of aromatic nitrogens is 1. The maximum absolute atomic E-state index is 14.4. The van der Waals surface area contributed by atoms with E-state index in [1.54, 1.807) is 12.1 Å². The monoisotopic (exact) mass is 387 g/mol. The van der Waals surface area contributed by atoms with Crippen LogP contribution in [0.4, 0.5) is 4.39 Å². The molecule has 1 N–H and O–H groups in total. The molecule has 0 bridgehead atoms. The number of pyridine rings is 1. The molecule has 2 fully saturated rings. The number of hydrogen-bond donors (Lipinski definition) is 2. The fourth-order valence-corrected chi connectivity index (χ4v) is 4.17. The third-order valence-corrected chi connectivity index (χ3v) is 5.92. The number of thiol groups is 1. The van der Waals surface area contributed by atoms with Crippen LogP contribution in [-0.4, -0.2) is 16.1 Å². The van der Waals surface area contributed by atoms with Crippen molar-refractivity contribution in [2.24, 2.45) is 5.92 Å². The number of carboxylic acid groups (broad SMARTS) is 1. The zero-order valence-electron chi connectivity index (χ0n) is 14.8. The summed E-state index contributed by atoms with van der Waals surface area (Å²) in [6.07, 6.45) is 5.34. The Morgan fingerprint density at radius 3 is 2.70 bits per heavy atom. The minimum Gasteiger partial charge on any atom is -0.481 e. The van der Waals surface area contributed by atoms with Crippen LogP contribution >= 0.6 is 12.6 Å². The normalized spacial score (nSPS) is 23.2. The second-order valence-electron chi connectivity index (χ2n) is 7.42. The van der Waals surface area contributed by atoms with Gasteiger partial charge in [0, 0.05) is 11.6 Å². The highest BCUT2D eigenvalue weighted by atomic mass is 32.1.